The highest BCUT2D eigenvalue weighted by Crippen LogP contribution is 2.31. The number of halogens is 2. The number of benzene rings is 2. The maximum atomic E-state index is 14.8. The molecule has 4 nitrogen and oxygen atoms in total. The van der Waals surface area contributed by atoms with E-state index < -0.39 is 5.82 Å². The zero-order valence-corrected chi connectivity index (χ0v) is 20.2. The lowest BCUT2D eigenvalue weighted by Crippen LogP contribution is -2.22. The van der Waals surface area contributed by atoms with Gasteiger partial charge in [-0.2, -0.15) is 0 Å². The molecule has 0 bridgehead atoms. The van der Waals surface area contributed by atoms with Gasteiger partial charge in [0.25, 0.3) is 5.56 Å². The highest BCUT2D eigenvalue weighted by atomic mass is 79.9. The van der Waals surface area contributed by atoms with Crippen molar-refractivity contribution in [3.8, 4) is 11.1 Å². The number of nitrogens with zero attached hydrogens (tertiary/aromatic N) is 2. The zero-order chi connectivity index (χ0) is 23.5. The average molecular weight is 507 g/mol. The second-order valence-electron chi connectivity index (χ2n) is 8.00. The largest absolute Gasteiger partial charge is 0.308 e. The summed E-state index contributed by atoms with van der Waals surface area (Å²) in [7, 11) is 0. The molecule has 4 rings (SSSR count). The number of carbonyl (C=O) groups is 1. The molecule has 0 saturated carbocycles. The van der Waals surface area contributed by atoms with Crippen LogP contribution in [-0.2, 0) is 30.6 Å². The summed E-state index contributed by atoms with van der Waals surface area (Å²) in [5.41, 5.74) is 3.75. The Morgan fingerprint density at radius 2 is 1.79 bits per heavy atom. The van der Waals surface area contributed by atoms with Gasteiger partial charge in [0, 0.05) is 52.3 Å². The minimum absolute atomic E-state index is 0.0437. The molecule has 33 heavy (non-hydrogen) atoms. The number of aryl methyl sites for hydroxylation is 2. The molecule has 0 saturated heterocycles. The smallest absolute Gasteiger partial charge is 0.258 e. The van der Waals surface area contributed by atoms with Crippen molar-refractivity contribution in [2.24, 2.45) is 0 Å². The summed E-state index contributed by atoms with van der Waals surface area (Å²) >= 11 is 3.42. The maximum Gasteiger partial charge on any atom is 0.258 e. The first kappa shape index (κ1) is 23.1. The van der Waals surface area contributed by atoms with Crippen LogP contribution in [0.2, 0.25) is 0 Å². The van der Waals surface area contributed by atoms with Crippen LogP contribution < -0.4 is 5.56 Å². The minimum Gasteiger partial charge on any atom is -0.308 e. The van der Waals surface area contributed by atoms with Crippen LogP contribution in [0.3, 0.4) is 0 Å². The lowest BCUT2D eigenvalue weighted by atomic mass is 9.98. The van der Waals surface area contributed by atoms with Crippen molar-refractivity contribution in [3.05, 3.63) is 98.3 Å². The van der Waals surface area contributed by atoms with Gasteiger partial charge in [0.05, 0.1) is 5.52 Å². The van der Waals surface area contributed by atoms with Gasteiger partial charge >= 0.3 is 0 Å². The van der Waals surface area contributed by atoms with Crippen LogP contribution in [0.4, 0.5) is 4.39 Å². The van der Waals surface area contributed by atoms with E-state index in [-0.39, 0.29) is 29.7 Å². The molecule has 0 radical (unpaired) electrons. The summed E-state index contributed by atoms with van der Waals surface area (Å²) in [6.45, 7) is 4.44. The normalized spacial score (nSPS) is 11.2. The van der Waals surface area contributed by atoms with Crippen LogP contribution in [0, 0.1) is 5.82 Å². The van der Waals surface area contributed by atoms with Gasteiger partial charge in [0.2, 0.25) is 0 Å². The van der Waals surface area contributed by atoms with Crippen molar-refractivity contribution >= 4 is 32.6 Å². The fourth-order valence-corrected chi connectivity index (χ4v) is 4.58. The number of Topliss-reactive ketones (excluding diaryl/α,β-unsaturated/α-hetero) is 1. The van der Waals surface area contributed by atoms with Crippen LogP contribution in [0.25, 0.3) is 22.0 Å². The molecule has 0 fully saturated rings. The van der Waals surface area contributed by atoms with Gasteiger partial charge in [-0.1, -0.05) is 53.2 Å². The molecule has 0 atom stereocenters. The topological polar surface area (TPSA) is 52.0 Å². The predicted molar refractivity (Wildman–Crippen MR) is 133 cm³/mol. The lowest BCUT2D eigenvalue weighted by Gasteiger charge is -2.14. The number of ketones is 1. The molecule has 0 unspecified atom stereocenters. The van der Waals surface area contributed by atoms with Gasteiger partial charge in [-0.25, -0.2) is 4.39 Å². The molecular formula is C27H24BrFN2O2. The molecule has 2 heterocycles. The third-order valence-corrected chi connectivity index (χ3v) is 6.43. The van der Waals surface area contributed by atoms with Crippen LogP contribution >= 0.6 is 15.9 Å². The molecule has 2 aromatic heterocycles. The molecule has 0 amide bonds. The quantitative estimate of drug-likeness (QED) is 0.313. The van der Waals surface area contributed by atoms with Gasteiger partial charge in [-0.15, -0.1) is 0 Å². The van der Waals surface area contributed by atoms with Crippen molar-refractivity contribution in [3.63, 3.8) is 0 Å². The lowest BCUT2D eigenvalue weighted by molar-refractivity contribution is -0.117. The highest BCUT2D eigenvalue weighted by molar-refractivity contribution is 9.10. The fourth-order valence-electron chi connectivity index (χ4n) is 4.05. The zero-order valence-electron chi connectivity index (χ0n) is 18.6. The summed E-state index contributed by atoms with van der Waals surface area (Å²) in [5, 5.41) is 0.835. The van der Waals surface area contributed by atoms with E-state index in [1.165, 1.54) is 6.07 Å². The van der Waals surface area contributed by atoms with Gasteiger partial charge in [0.1, 0.15) is 11.6 Å². The first-order chi connectivity index (χ1) is 15.9. The van der Waals surface area contributed by atoms with Crippen molar-refractivity contribution in [1.29, 1.82) is 0 Å². The second-order valence-corrected chi connectivity index (χ2v) is 8.85. The third-order valence-electron chi connectivity index (χ3n) is 5.77. The molecule has 2 aromatic carbocycles. The Bertz CT molecular complexity index is 1400. The number of aromatic nitrogens is 2. The second kappa shape index (κ2) is 9.79. The molecule has 0 spiro atoms. The molecule has 0 aliphatic rings. The fraction of sp³-hybridized carbons (Fsp3) is 0.222. The van der Waals surface area contributed by atoms with E-state index in [9.17, 15) is 14.0 Å². The third kappa shape index (κ3) is 4.81. The number of rotatable bonds is 7. The Hall–Kier alpha value is -3.12. The molecule has 168 valence electrons. The molecular weight excluding hydrogens is 483 g/mol. The molecule has 4 aromatic rings. The van der Waals surface area contributed by atoms with Crippen molar-refractivity contribution < 1.29 is 9.18 Å². The van der Waals surface area contributed by atoms with Crippen molar-refractivity contribution in [1.82, 2.24) is 9.55 Å². The minimum atomic E-state index is -0.474. The maximum absolute atomic E-state index is 14.8. The van der Waals surface area contributed by atoms with E-state index >= 15 is 0 Å². The summed E-state index contributed by atoms with van der Waals surface area (Å²) in [6.07, 6.45) is 2.73. The standard InChI is InChI=1S/C27H24BrFN2O2/c1-3-20-14-26-19(16-30-20)13-23(27(33)31(26)4-2)22-12-18(25(29)15-24(22)28)11-21(32)10-17-8-6-5-7-9-17/h5-9,12-16H,3-4,10-11H2,1-2H3. The predicted octanol–water partition coefficient (Wildman–Crippen LogP) is 5.90. The Balaban J connectivity index is 1.77. The number of fused-ring (bicyclic) bond motifs is 1. The van der Waals surface area contributed by atoms with E-state index in [0.29, 0.717) is 22.1 Å². The van der Waals surface area contributed by atoms with Crippen LogP contribution in [0.15, 0.2) is 70.1 Å². The highest BCUT2D eigenvalue weighted by Gasteiger charge is 2.18. The van der Waals surface area contributed by atoms with E-state index in [0.717, 1.165) is 28.6 Å². The van der Waals surface area contributed by atoms with E-state index in [1.807, 2.05) is 50.2 Å². The molecule has 0 aliphatic heterocycles. The number of hydrogen-bond acceptors (Lipinski definition) is 3. The van der Waals surface area contributed by atoms with Crippen LogP contribution in [-0.4, -0.2) is 15.3 Å². The molecule has 6 heteroatoms. The number of hydrogen-bond donors (Lipinski definition) is 0. The number of pyridine rings is 2. The molecule has 0 N–H and O–H groups in total. The summed E-state index contributed by atoms with van der Waals surface area (Å²) < 4.78 is 16.9. The first-order valence-corrected chi connectivity index (χ1v) is 11.8. The Kier molecular flexibility index (Phi) is 6.84. The summed E-state index contributed by atoms with van der Waals surface area (Å²) in [6, 6.07) is 16.1. The number of carbonyl (C=O) groups excluding carboxylic acids is 1. The first-order valence-electron chi connectivity index (χ1n) is 11.0. The van der Waals surface area contributed by atoms with Gasteiger partial charge in [0.15, 0.2) is 0 Å². The van der Waals surface area contributed by atoms with E-state index in [4.69, 9.17) is 0 Å². The Labute approximate surface area is 200 Å². The Morgan fingerprint density at radius 1 is 1.03 bits per heavy atom. The average Bonchev–Trinajstić information content (AvgIpc) is 2.81. The van der Waals surface area contributed by atoms with Gasteiger partial charge in [-0.3, -0.25) is 14.6 Å². The molecule has 0 aliphatic carbocycles. The van der Waals surface area contributed by atoms with E-state index in [1.54, 1.807) is 22.9 Å². The Morgan fingerprint density at radius 3 is 2.48 bits per heavy atom. The van der Waals surface area contributed by atoms with Crippen LogP contribution in [0.1, 0.15) is 30.7 Å². The van der Waals surface area contributed by atoms with Gasteiger partial charge in [-0.05, 0) is 48.7 Å². The van der Waals surface area contributed by atoms with Gasteiger partial charge < -0.3 is 4.57 Å². The van der Waals surface area contributed by atoms with Crippen LogP contribution in [0.5, 0.6) is 0 Å². The summed E-state index contributed by atoms with van der Waals surface area (Å²) in [5.74, 6) is -0.563. The van der Waals surface area contributed by atoms with E-state index in [2.05, 4.69) is 20.9 Å². The van der Waals surface area contributed by atoms with Crippen molar-refractivity contribution in [2.75, 3.05) is 0 Å². The summed E-state index contributed by atoms with van der Waals surface area (Å²) in [4.78, 5) is 30.5. The van der Waals surface area contributed by atoms with Crippen molar-refractivity contribution in [2.45, 2.75) is 39.7 Å². The monoisotopic (exact) mass is 506 g/mol. The SMILES string of the molecule is CCc1cc2c(cn1)cc(-c1cc(CC(=O)Cc3ccccc3)c(F)cc1Br)c(=O)n2CC.